The fourth-order valence-electron chi connectivity index (χ4n) is 2.48. The lowest BCUT2D eigenvalue weighted by molar-refractivity contribution is 0.193. The summed E-state index contributed by atoms with van der Waals surface area (Å²) in [6.07, 6.45) is 1.69. The van der Waals surface area contributed by atoms with E-state index < -0.39 is 6.09 Å². The van der Waals surface area contributed by atoms with Crippen LogP contribution in [-0.2, 0) is 0 Å². The SMILES string of the molecule is COc1ccc(-c2ccc(C3CC3NC(=O)O)cc2)cn1. The van der Waals surface area contributed by atoms with Crippen molar-refractivity contribution in [2.24, 2.45) is 0 Å². The van der Waals surface area contributed by atoms with Gasteiger partial charge >= 0.3 is 6.09 Å². The van der Waals surface area contributed by atoms with Crippen LogP contribution < -0.4 is 10.1 Å². The maximum Gasteiger partial charge on any atom is 0.404 e. The lowest BCUT2D eigenvalue weighted by Crippen LogP contribution is -2.24. The third-order valence-electron chi connectivity index (χ3n) is 3.72. The lowest BCUT2D eigenvalue weighted by Gasteiger charge is -2.05. The molecule has 0 radical (unpaired) electrons. The molecule has 3 rings (SSSR count). The number of amides is 1. The molecule has 1 aliphatic rings. The molecule has 0 bridgehead atoms. The van der Waals surface area contributed by atoms with Gasteiger partial charge in [0.25, 0.3) is 0 Å². The molecule has 0 saturated heterocycles. The van der Waals surface area contributed by atoms with E-state index in [0.29, 0.717) is 11.8 Å². The number of carbonyl (C=O) groups is 1. The van der Waals surface area contributed by atoms with E-state index in [1.165, 1.54) is 5.56 Å². The smallest absolute Gasteiger partial charge is 0.404 e. The summed E-state index contributed by atoms with van der Waals surface area (Å²) in [7, 11) is 1.59. The third kappa shape index (κ3) is 2.97. The zero-order chi connectivity index (χ0) is 14.8. The van der Waals surface area contributed by atoms with Crippen LogP contribution >= 0.6 is 0 Å². The van der Waals surface area contributed by atoms with Gasteiger partial charge in [0.2, 0.25) is 5.88 Å². The summed E-state index contributed by atoms with van der Waals surface area (Å²) in [5.41, 5.74) is 3.27. The van der Waals surface area contributed by atoms with Crippen molar-refractivity contribution in [1.29, 1.82) is 0 Å². The van der Waals surface area contributed by atoms with Crippen LogP contribution in [-0.4, -0.2) is 29.3 Å². The van der Waals surface area contributed by atoms with Crippen molar-refractivity contribution in [3.8, 4) is 17.0 Å². The number of nitrogens with one attached hydrogen (secondary N) is 1. The predicted molar refractivity (Wildman–Crippen MR) is 78.5 cm³/mol. The number of hydrogen-bond donors (Lipinski definition) is 2. The molecule has 1 aromatic heterocycles. The third-order valence-corrected chi connectivity index (χ3v) is 3.72. The van der Waals surface area contributed by atoms with Gasteiger partial charge in [-0.25, -0.2) is 9.78 Å². The van der Waals surface area contributed by atoms with Crippen molar-refractivity contribution in [3.63, 3.8) is 0 Å². The number of nitrogens with zero attached hydrogens (tertiary/aromatic N) is 1. The number of hydrogen-bond acceptors (Lipinski definition) is 3. The Bertz CT molecular complexity index is 638. The summed E-state index contributed by atoms with van der Waals surface area (Å²) in [5.74, 6) is 0.889. The summed E-state index contributed by atoms with van der Waals surface area (Å²) < 4.78 is 5.04. The van der Waals surface area contributed by atoms with E-state index in [2.05, 4.69) is 10.3 Å². The van der Waals surface area contributed by atoms with E-state index in [1.54, 1.807) is 13.3 Å². The Morgan fingerprint density at radius 2 is 1.95 bits per heavy atom. The number of pyridine rings is 1. The number of carboxylic acid groups (broad SMARTS) is 1. The van der Waals surface area contributed by atoms with E-state index in [0.717, 1.165) is 17.5 Å². The van der Waals surface area contributed by atoms with Crippen molar-refractivity contribution >= 4 is 6.09 Å². The van der Waals surface area contributed by atoms with Gasteiger partial charge in [0.05, 0.1) is 7.11 Å². The largest absolute Gasteiger partial charge is 0.481 e. The minimum absolute atomic E-state index is 0.0519. The first-order valence-corrected chi connectivity index (χ1v) is 6.77. The minimum atomic E-state index is -0.955. The molecule has 2 N–H and O–H groups in total. The van der Waals surface area contributed by atoms with E-state index >= 15 is 0 Å². The maximum absolute atomic E-state index is 10.6. The summed E-state index contributed by atoms with van der Waals surface area (Å²) in [4.78, 5) is 14.8. The number of ether oxygens (including phenoxy) is 1. The Morgan fingerprint density at radius 3 is 2.52 bits per heavy atom. The van der Waals surface area contributed by atoms with Crippen molar-refractivity contribution in [2.75, 3.05) is 7.11 Å². The molecule has 0 spiro atoms. The molecule has 2 unspecified atom stereocenters. The van der Waals surface area contributed by atoms with Crippen molar-refractivity contribution in [3.05, 3.63) is 48.2 Å². The van der Waals surface area contributed by atoms with Gasteiger partial charge in [0.15, 0.2) is 0 Å². The number of aromatic nitrogens is 1. The van der Waals surface area contributed by atoms with Crippen LogP contribution in [0.5, 0.6) is 5.88 Å². The number of benzene rings is 1. The average molecular weight is 284 g/mol. The van der Waals surface area contributed by atoms with Crippen molar-refractivity contribution < 1.29 is 14.6 Å². The van der Waals surface area contributed by atoms with Gasteiger partial charge in [-0.1, -0.05) is 24.3 Å². The Hall–Kier alpha value is -2.56. The summed E-state index contributed by atoms with van der Waals surface area (Å²) in [5, 5.41) is 11.2. The fourth-order valence-corrected chi connectivity index (χ4v) is 2.48. The van der Waals surface area contributed by atoms with Gasteiger partial charge < -0.3 is 15.2 Å². The first kappa shape index (κ1) is 13.4. The highest BCUT2D eigenvalue weighted by Crippen LogP contribution is 2.41. The van der Waals surface area contributed by atoms with Gasteiger partial charge in [-0.15, -0.1) is 0 Å². The predicted octanol–water partition coefficient (Wildman–Crippen LogP) is 2.88. The van der Waals surface area contributed by atoms with E-state index in [1.807, 2.05) is 36.4 Å². The van der Waals surface area contributed by atoms with Crippen LogP contribution in [0.4, 0.5) is 4.79 Å². The summed E-state index contributed by atoms with van der Waals surface area (Å²) in [6, 6.07) is 12.0. The van der Waals surface area contributed by atoms with Crippen LogP contribution in [0.15, 0.2) is 42.6 Å². The molecule has 0 aliphatic heterocycles. The highest BCUT2D eigenvalue weighted by molar-refractivity contribution is 5.66. The van der Waals surface area contributed by atoms with Gasteiger partial charge in [0, 0.05) is 29.8 Å². The monoisotopic (exact) mass is 284 g/mol. The van der Waals surface area contributed by atoms with E-state index in [4.69, 9.17) is 9.84 Å². The standard InChI is InChI=1S/C16H16N2O3/c1-21-15-7-6-12(9-17-15)10-2-4-11(5-3-10)13-8-14(13)18-16(19)20/h2-7,9,13-14,18H,8H2,1H3,(H,19,20). The normalized spacial score (nSPS) is 19.9. The van der Waals surface area contributed by atoms with Gasteiger partial charge in [-0.05, 0) is 23.6 Å². The van der Waals surface area contributed by atoms with E-state index in [9.17, 15) is 4.79 Å². The molecule has 2 aromatic rings. The van der Waals surface area contributed by atoms with Gasteiger partial charge in [-0.2, -0.15) is 0 Å². The van der Waals surface area contributed by atoms with Gasteiger partial charge in [-0.3, -0.25) is 0 Å². The van der Waals surface area contributed by atoms with Crippen molar-refractivity contribution in [2.45, 2.75) is 18.4 Å². The molecule has 108 valence electrons. The minimum Gasteiger partial charge on any atom is -0.481 e. The molecule has 1 aromatic carbocycles. The van der Waals surface area contributed by atoms with Crippen molar-refractivity contribution in [1.82, 2.24) is 10.3 Å². The Balaban J connectivity index is 1.71. The zero-order valence-corrected chi connectivity index (χ0v) is 11.6. The topological polar surface area (TPSA) is 71.5 Å². The average Bonchev–Trinajstić information content (AvgIpc) is 3.26. The molecule has 1 aliphatic carbocycles. The molecule has 1 heterocycles. The summed E-state index contributed by atoms with van der Waals surface area (Å²) >= 11 is 0. The Kier molecular flexibility index (Phi) is 3.48. The lowest BCUT2D eigenvalue weighted by atomic mass is 10.0. The second-order valence-electron chi connectivity index (χ2n) is 5.11. The van der Waals surface area contributed by atoms with Crippen LogP contribution in [0.25, 0.3) is 11.1 Å². The molecule has 2 atom stereocenters. The molecule has 21 heavy (non-hydrogen) atoms. The fraction of sp³-hybridized carbons (Fsp3) is 0.250. The number of rotatable bonds is 4. The highest BCUT2D eigenvalue weighted by atomic mass is 16.5. The molecular weight excluding hydrogens is 268 g/mol. The molecule has 1 fully saturated rings. The molecule has 5 heteroatoms. The van der Waals surface area contributed by atoms with Crippen LogP contribution in [0.3, 0.4) is 0 Å². The Labute approximate surface area is 122 Å². The van der Waals surface area contributed by atoms with E-state index in [-0.39, 0.29) is 6.04 Å². The summed E-state index contributed by atoms with van der Waals surface area (Å²) in [6.45, 7) is 0. The molecule has 5 nitrogen and oxygen atoms in total. The first-order chi connectivity index (χ1) is 10.2. The quantitative estimate of drug-likeness (QED) is 0.905. The highest BCUT2D eigenvalue weighted by Gasteiger charge is 2.39. The van der Waals surface area contributed by atoms with Crippen LogP contribution in [0.2, 0.25) is 0 Å². The Morgan fingerprint density at radius 1 is 1.24 bits per heavy atom. The maximum atomic E-state index is 10.6. The molecule has 1 amide bonds. The van der Waals surface area contributed by atoms with Crippen LogP contribution in [0.1, 0.15) is 17.9 Å². The van der Waals surface area contributed by atoms with Gasteiger partial charge in [0.1, 0.15) is 0 Å². The second kappa shape index (κ2) is 5.44. The van der Waals surface area contributed by atoms with Crippen LogP contribution in [0, 0.1) is 0 Å². The first-order valence-electron chi connectivity index (χ1n) is 6.77. The molecular formula is C16H16N2O3. The zero-order valence-electron chi connectivity index (χ0n) is 11.6. The second-order valence-corrected chi connectivity index (χ2v) is 5.11. The number of methoxy groups -OCH3 is 1. The molecule has 1 saturated carbocycles.